The molecule has 0 atom stereocenters. The Labute approximate surface area is 228 Å². The highest BCUT2D eigenvalue weighted by molar-refractivity contribution is 7.92. The van der Waals surface area contributed by atoms with Crippen LogP contribution in [0.3, 0.4) is 0 Å². The Morgan fingerprint density at radius 2 is 1.46 bits per heavy atom. The molecule has 4 fully saturated rings. The first kappa shape index (κ1) is 27.2. The predicted octanol–water partition coefficient (Wildman–Crippen LogP) is 4.18. The van der Waals surface area contributed by atoms with E-state index < -0.39 is 16.0 Å². The van der Waals surface area contributed by atoms with E-state index in [2.05, 4.69) is 5.32 Å². The number of rotatable bonds is 10. The van der Waals surface area contributed by atoms with Gasteiger partial charge in [-0.1, -0.05) is 0 Å². The largest absolute Gasteiger partial charge is 0.482 e. The standard InChI is InChI=1S/C29H34N2O7S/c1-19(32)30-23-3-9-26(10-4-23)39(35,36)31(2)24-5-7-25(8-6-24)37-18-28(34)38-17-27(33)29-14-20-11-21(15-29)13-22(12-20)16-29/h3-10,20-22H,11-18H2,1-2H3,(H,30,32). The zero-order valence-electron chi connectivity index (χ0n) is 22.2. The number of nitrogens with one attached hydrogen (secondary N) is 1. The van der Waals surface area contributed by atoms with Crippen molar-refractivity contribution in [3.8, 4) is 5.75 Å². The summed E-state index contributed by atoms with van der Waals surface area (Å²) in [5, 5.41) is 2.60. The molecule has 0 radical (unpaired) electrons. The molecule has 0 heterocycles. The number of carbonyl (C=O) groups is 3. The van der Waals surface area contributed by atoms with Crippen molar-refractivity contribution in [2.24, 2.45) is 23.2 Å². The number of hydrogen-bond acceptors (Lipinski definition) is 7. The lowest BCUT2D eigenvalue weighted by atomic mass is 9.48. The van der Waals surface area contributed by atoms with Crippen LogP contribution in [0.15, 0.2) is 53.4 Å². The van der Waals surface area contributed by atoms with Crippen LogP contribution in [0.25, 0.3) is 0 Å². The zero-order chi connectivity index (χ0) is 27.8. The van der Waals surface area contributed by atoms with E-state index in [1.165, 1.54) is 57.5 Å². The Hall–Kier alpha value is -3.40. The molecule has 4 aliphatic carbocycles. The number of sulfonamides is 1. The van der Waals surface area contributed by atoms with Crippen LogP contribution in [-0.2, 0) is 29.1 Å². The number of nitrogens with zero attached hydrogens (tertiary/aromatic N) is 1. The summed E-state index contributed by atoms with van der Waals surface area (Å²) in [5.41, 5.74) is 0.601. The van der Waals surface area contributed by atoms with Crippen molar-refractivity contribution in [2.75, 3.05) is 29.9 Å². The molecular weight excluding hydrogens is 520 g/mol. The van der Waals surface area contributed by atoms with Gasteiger partial charge in [-0.05, 0) is 105 Å². The van der Waals surface area contributed by atoms with Gasteiger partial charge in [-0.3, -0.25) is 13.9 Å². The topological polar surface area (TPSA) is 119 Å². The minimum absolute atomic E-state index is 0.0494. The molecule has 2 aromatic rings. The van der Waals surface area contributed by atoms with Gasteiger partial charge < -0.3 is 14.8 Å². The fourth-order valence-corrected chi connectivity index (χ4v) is 8.09. The van der Waals surface area contributed by atoms with Gasteiger partial charge in [0.1, 0.15) is 5.75 Å². The normalized spacial score (nSPS) is 25.1. The highest BCUT2D eigenvalue weighted by atomic mass is 32.2. The maximum atomic E-state index is 13.0. The second-order valence-electron chi connectivity index (χ2n) is 11.2. The van der Waals surface area contributed by atoms with E-state index in [0.29, 0.717) is 34.9 Å². The minimum Gasteiger partial charge on any atom is -0.482 e. The number of Topliss-reactive ketones (excluding diaryl/α,β-unsaturated/α-hetero) is 1. The fourth-order valence-electron chi connectivity index (χ4n) is 6.90. The average Bonchev–Trinajstić information content (AvgIpc) is 2.89. The summed E-state index contributed by atoms with van der Waals surface area (Å²) >= 11 is 0. The molecule has 1 amide bonds. The van der Waals surface area contributed by atoms with Crippen LogP contribution in [-0.4, -0.2) is 46.3 Å². The van der Waals surface area contributed by atoms with Crippen LogP contribution in [0.2, 0.25) is 0 Å². The molecule has 208 valence electrons. The molecule has 9 nitrogen and oxygen atoms in total. The zero-order valence-corrected chi connectivity index (χ0v) is 23.0. The van der Waals surface area contributed by atoms with Crippen molar-refractivity contribution >= 4 is 39.1 Å². The SMILES string of the molecule is CC(=O)Nc1ccc(S(=O)(=O)N(C)c2ccc(OCC(=O)OCC(=O)C34CC5CC(CC(C5)C3)C4)cc2)cc1. The highest BCUT2D eigenvalue weighted by Crippen LogP contribution is 2.60. The molecule has 10 heteroatoms. The van der Waals surface area contributed by atoms with E-state index in [-0.39, 0.29) is 35.2 Å². The van der Waals surface area contributed by atoms with E-state index in [4.69, 9.17) is 9.47 Å². The number of esters is 1. The van der Waals surface area contributed by atoms with Crippen LogP contribution in [0.5, 0.6) is 5.75 Å². The molecule has 0 aliphatic heterocycles. The molecule has 0 saturated heterocycles. The van der Waals surface area contributed by atoms with E-state index in [1.807, 2.05) is 0 Å². The van der Waals surface area contributed by atoms with Crippen molar-refractivity contribution in [1.29, 1.82) is 0 Å². The molecule has 6 rings (SSSR count). The molecule has 0 unspecified atom stereocenters. The first-order valence-electron chi connectivity index (χ1n) is 13.3. The molecule has 0 aromatic heterocycles. The van der Waals surface area contributed by atoms with Crippen LogP contribution >= 0.6 is 0 Å². The van der Waals surface area contributed by atoms with Crippen molar-refractivity contribution < 1.29 is 32.3 Å². The quantitative estimate of drug-likeness (QED) is 0.438. The van der Waals surface area contributed by atoms with Gasteiger partial charge in [0.25, 0.3) is 10.0 Å². The van der Waals surface area contributed by atoms with Crippen LogP contribution in [0, 0.1) is 23.2 Å². The third-order valence-electron chi connectivity index (χ3n) is 8.38. The highest BCUT2D eigenvalue weighted by Gasteiger charge is 2.54. The molecule has 0 spiro atoms. The maximum Gasteiger partial charge on any atom is 0.344 e. The van der Waals surface area contributed by atoms with Crippen molar-refractivity contribution in [3.05, 3.63) is 48.5 Å². The Kier molecular flexibility index (Phi) is 7.41. The van der Waals surface area contributed by atoms with Crippen LogP contribution < -0.4 is 14.4 Å². The van der Waals surface area contributed by atoms with Gasteiger partial charge in [0, 0.05) is 25.1 Å². The number of amides is 1. The average molecular weight is 555 g/mol. The summed E-state index contributed by atoms with van der Waals surface area (Å²) in [6.45, 7) is 0.823. The summed E-state index contributed by atoms with van der Waals surface area (Å²) in [6.07, 6.45) is 6.54. The summed E-state index contributed by atoms with van der Waals surface area (Å²) in [4.78, 5) is 36.6. The van der Waals surface area contributed by atoms with Gasteiger partial charge in [-0.25, -0.2) is 13.2 Å². The van der Waals surface area contributed by atoms with Gasteiger partial charge in [0.15, 0.2) is 19.0 Å². The molecule has 39 heavy (non-hydrogen) atoms. The van der Waals surface area contributed by atoms with Crippen LogP contribution in [0.4, 0.5) is 11.4 Å². The van der Waals surface area contributed by atoms with Gasteiger partial charge in [-0.15, -0.1) is 0 Å². The number of ether oxygens (including phenoxy) is 2. The second-order valence-corrected chi connectivity index (χ2v) is 13.2. The Morgan fingerprint density at radius 1 is 0.897 bits per heavy atom. The van der Waals surface area contributed by atoms with Crippen LogP contribution in [0.1, 0.15) is 45.4 Å². The number of hydrogen-bond donors (Lipinski definition) is 1. The Morgan fingerprint density at radius 3 is 2.00 bits per heavy atom. The number of ketones is 1. The smallest absolute Gasteiger partial charge is 0.344 e. The third-order valence-corrected chi connectivity index (χ3v) is 10.2. The number of carbonyl (C=O) groups excluding carboxylic acids is 3. The first-order chi connectivity index (χ1) is 18.5. The van der Waals surface area contributed by atoms with Gasteiger partial charge in [-0.2, -0.15) is 0 Å². The maximum absolute atomic E-state index is 13.0. The van der Waals surface area contributed by atoms with Crippen molar-refractivity contribution in [2.45, 2.75) is 50.3 Å². The predicted molar refractivity (Wildman–Crippen MR) is 145 cm³/mol. The van der Waals surface area contributed by atoms with Gasteiger partial charge in [0.2, 0.25) is 5.91 Å². The summed E-state index contributed by atoms with van der Waals surface area (Å²) in [7, 11) is -2.40. The van der Waals surface area contributed by atoms with E-state index in [9.17, 15) is 22.8 Å². The first-order valence-corrected chi connectivity index (χ1v) is 14.8. The lowest BCUT2D eigenvalue weighted by Gasteiger charge is -2.55. The monoisotopic (exact) mass is 554 g/mol. The number of anilines is 2. The second kappa shape index (κ2) is 10.6. The summed E-state index contributed by atoms with van der Waals surface area (Å²) < 4.78 is 37.9. The lowest BCUT2D eigenvalue weighted by molar-refractivity contribution is -0.158. The molecule has 1 N–H and O–H groups in total. The molecular formula is C29H34N2O7S. The minimum atomic E-state index is -3.83. The lowest BCUT2D eigenvalue weighted by Crippen LogP contribution is -2.51. The number of benzene rings is 2. The van der Waals surface area contributed by atoms with Crippen molar-refractivity contribution in [3.63, 3.8) is 0 Å². The summed E-state index contributed by atoms with van der Waals surface area (Å²) in [6, 6.07) is 12.2. The molecule has 4 saturated carbocycles. The molecule has 4 bridgehead atoms. The summed E-state index contributed by atoms with van der Waals surface area (Å²) in [5.74, 6) is 1.50. The third kappa shape index (κ3) is 5.80. The Bertz CT molecular complexity index is 1320. The van der Waals surface area contributed by atoms with E-state index in [1.54, 1.807) is 24.3 Å². The molecule has 2 aromatic carbocycles. The van der Waals surface area contributed by atoms with Gasteiger partial charge in [0.05, 0.1) is 10.6 Å². The Balaban J connectivity index is 1.11. The van der Waals surface area contributed by atoms with E-state index >= 15 is 0 Å². The van der Waals surface area contributed by atoms with Gasteiger partial charge >= 0.3 is 5.97 Å². The van der Waals surface area contributed by atoms with E-state index in [0.717, 1.165) is 23.6 Å². The fraction of sp³-hybridized carbons (Fsp3) is 0.483. The molecule has 4 aliphatic rings. The van der Waals surface area contributed by atoms with Crippen molar-refractivity contribution in [1.82, 2.24) is 0 Å².